The van der Waals surface area contributed by atoms with E-state index in [0.29, 0.717) is 0 Å². The van der Waals surface area contributed by atoms with E-state index < -0.39 is 0 Å². The van der Waals surface area contributed by atoms with Crippen molar-refractivity contribution in [3.63, 3.8) is 0 Å². The van der Waals surface area contributed by atoms with Crippen LogP contribution >= 0.6 is 0 Å². The fraction of sp³-hybridized carbons (Fsp3) is 1.00. The smallest absolute Gasteiger partial charge is 0.00642 e. The van der Waals surface area contributed by atoms with Gasteiger partial charge in [-0.2, -0.15) is 0 Å². The molecule has 0 heterocycles. The topological polar surface area (TPSA) is 12.0 Å². The van der Waals surface area contributed by atoms with E-state index in [9.17, 15) is 0 Å². The lowest BCUT2D eigenvalue weighted by atomic mass is 9.84. The molecule has 66 valence electrons. The standard InChI is InChI=1S/C10H21N/c1-3-4-9-5-7-10(11-2)8-6-9/h9-11H,3-8H2,1-2H3. The van der Waals surface area contributed by atoms with Gasteiger partial charge >= 0.3 is 0 Å². The summed E-state index contributed by atoms with van der Waals surface area (Å²) in [5.74, 6) is 1.05. The lowest BCUT2D eigenvalue weighted by Gasteiger charge is -2.27. The van der Waals surface area contributed by atoms with Crippen molar-refractivity contribution in [3.8, 4) is 0 Å². The molecule has 0 unspecified atom stereocenters. The predicted octanol–water partition coefficient (Wildman–Crippen LogP) is 2.56. The molecule has 1 nitrogen and oxygen atoms in total. The van der Waals surface area contributed by atoms with Crippen molar-refractivity contribution in [2.75, 3.05) is 7.05 Å². The molecule has 1 aliphatic carbocycles. The van der Waals surface area contributed by atoms with Crippen molar-refractivity contribution >= 4 is 0 Å². The molecule has 0 aromatic heterocycles. The third-order valence-electron chi connectivity index (χ3n) is 2.95. The molecule has 1 heteroatoms. The Labute approximate surface area is 70.6 Å². The Kier molecular flexibility index (Phi) is 3.92. The summed E-state index contributed by atoms with van der Waals surface area (Å²) in [5.41, 5.74) is 0. The summed E-state index contributed by atoms with van der Waals surface area (Å²) in [6, 6.07) is 0.822. The Morgan fingerprint density at radius 1 is 1.18 bits per heavy atom. The molecule has 0 saturated heterocycles. The van der Waals surface area contributed by atoms with Crippen LogP contribution in [-0.2, 0) is 0 Å². The first kappa shape index (κ1) is 9.05. The lowest BCUT2D eigenvalue weighted by molar-refractivity contribution is 0.287. The molecular weight excluding hydrogens is 134 g/mol. The molecule has 0 radical (unpaired) electrons. The van der Waals surface area contributed by atoms with Gasteiger partial charge in [0, 0.05) is 6.04 Å². The highest BCUT2D eigenvalue weighted by atomic mass is 14.9. The van der Waals surface area contributed by atoms with Crippen molar-refractivity contribution in [3.05, 3.63) is 0 Å². The maximum absolute atomic E-state index is 3.37. The van der Waals surface area contributed by atoms with Gasteiger partial charge < -0.3 is 5.32 Å². The Morgan fingerprint density at radius 3 is 2.27 bits per heavy atom. The van der Waals surface area contributed by atoms with Crippen molar-refractivity contribution in [1.82, 2.24) is 5.32 Å². The fourth-order valence-corrected chi connectivity index (χ4v) is 2.15. The van der Waals surface area contributed by atoms with Crippen molar-refractivity contribution in [2.24, 2.45) is 5.92 Å². The second kappa shape index (κ2) is 4.76. The molecule has 0 atom stereocenters. The van der Waals surface area contributed by atoms with Crippen LogP contribution in [0.15, 0.2) is 0 Å². The van der Waals surface area contributed by atoms with Crippen molar-refractivity contribution < 1.29 is 0 Å². The Morgan fingerprint density at radius 2 is 1.82 bits per heavy atom. The zero-order valence-corrected chi connectivity index (χ0v) is 7.90. The molecule has 0 aromatic rings. The summed E-state index contributed by atoms with van der Waals surface area (Å²) in [5, 5.41) is 3.37. The van der Waals surface area contributed by atoms with E-state index >= 15 is 0 Å². The van der Waals surface area contributed by atoms with Gasteiger partial charge in [0.1, 0.15) is 0 Å². The first-order valence-corrected chi connectivity index (χ1v) is 5.04. The third-order valence-corrected chi connectivity index (χ3v) is 2.95. The molecule has 11 heavy (non-hydrogen) atoms. The van der Waals surface area contributed by atoms with Gasteiger partial charge in [-0.3, -0.25) is 0 Å². The maximum atomic E-state index is 3.37. The Hall–Kier alpha value is -0.0400. The average Bonchev–Trinajstić information content (AvgIpc) is 2.07. The van der Waals surface area contributed by atoms with E-state index in [1.807, 2.05) is 0 Å². The monoisotopic (exact) mass is 155 g/mol. The van der Waals surface area contributed by atoms with Crippen molar-refractivity contribution in [1.29, 1.82) is 0 Å². The minimum Gasteiger partial charge on any atom is -0.317 e. The lowest BCUT2D eigenvalue weighted by Crippen LogP contribution is -2.30. The van der Waals surface area contributed by atoms with E-state index in [1.165, 1.54) is 38.5 Å². The Balaban J connectivity index is 2.14. The first-order chi connectivity index (χ1) is 5.36. The van der Waals surface area contributed by atoms with Crippen LogP contribution < -0.4 is 5.32 Å². The summed E-state index contributed by atoms with van der Waals surface area (Å²) < 4.78 is 0. The highest BCUT2D eigenvalue weighted by Crippen LogP contribution is 2.27. The minimum absolute atomic E-state index is 0.822. The van der Waals surface area contributed by atoms with Crippen LogP contribution in [0.3, 0.4) is 0 Å². The normalized spacial score (nSPS) is 32.2. The molecule has 1 aliphatic rings. The zero-order valence-electron chi connectivity index (χ0n) is 7.90. The minimum atomic E-state index is 0.822. The summed E-state index contributed by atoms with van der Waals surface area (Å²) >= 11 is 0. The van der Waals surface area contributed by atoms with Crippen LogP contribution in [-0.4, -0.2) is 13.1 Å². The third kappa shape index (κ3) is 2.82. The fourth-order valence-electron chi connectivity index (χ4n) is 2.15. The molecule has 0 bridgehead atoms. The van der Waals surface area contributed by atoms with Gasteiger partial charge in [-0.05, 0) is 38.6 Å². The first-order valence-electron chi connectivity index (χ1n) is 5.04. The highest BCUT2D eigenvalue weighted by molar-refractivity contribution is 4.75. The van der Waals surface area contributed by atoms with Crippen LogP contribution in [0.5, 0.6) is 0 Å². The van der Waals surface area contributed by atoms with Crippen LogP contribution in [0.25, 0.3) is 0 Å². The van der Waals surface area contributed by atoms with Crippen LogP contribution in [0.4, 0.5) is 0 Å². The van der Waals surface area contributed by atoms with Crippen molar-refractivity contribution in [2.45, 2.75) is 51.5 Å². The summed E-state index contributed by atoms with van der Waals surface area (Å²) in [7, 11) is 2.09. The van der Waals surface area contributed by atoms with Gasteiger partial charge in [0.05, 0.1) is 0 Å². The number of hydrogen-bond acceptors (Lipinski definition) is 1. The molecule has 0 spiro atoms. The van der Waals surface area contributed by atoms with E-state index in [-0.39, 0.29) is 0 Å². The van der Waals surface area contributed by atoms with Gasteiger partial charge in [-0.25, -0.2) is 0 Å². The zero-order chi connectivity index (χ0) is 8.10. The summed E-state index contributed by atoms with van der Waals surface area (Å²) in [4.78, 5) is 0. The van der Waals surface area contributed by atoms with Gasteiger partial charge in [-0.15, -0.1) is 0 Å². The van der Waals surface area contributed by atoms with Gasteiger partial charge in [0.25, 0.3) is 0 Å². The SMILES string of the molecule is CCCC1CCC(NC)CC1. The summed E-state index contributed by atoms with van der Waals surface area (Å²) in [6.07, 6.45) is 8.55. The molecule has 1 rings (SSSR count). The maximum Gasteiger partial charge on any atom is 0.00642 e. The predicted molar refractivity (Wildman–Crippen MR) is 49.7 cm³/mol. The van der Waals surface area contributed by atoms with E-state index in [4.69, 9.17) is 0 Å². The largest absolute Gasteiger partial charge is 0.317 e. The van der Waals surface area contributed by atoms with Crippen LogP contribution in [0.2, 0.25) is 0 Å². The molecule has 1 fully saturated rings. The van der Waals surface area contributed by atoms with Gasteiger partial charge in [-0.1, -0.05) is 19.8 Å². The van der Waals surface area contributed by atoms with E-state index in [1.54, 1.807) is 0 Å². The average molecular weight is 155 g/mol. The molecular formula is C10H21N. The summed E-state index contributed by atoms with van der Waals surface area (Å²) in [6.45, 7) is 2.30. The number of hydrogen-bond donors (Lipinski definition) is 1. The number of rotatable bonds is 3. The van der Waals surface area contributed by atoms with Crippen LogP contribution in [0, 0.1) is 5.92 Å². The Bertz CT molecular complexity index is 93.0. The second-order valence-corrected chi connectivity index (χ2v) is 3.79. The molecule has 1 N–H and O–H groups in total. The second-order valence-electron chi connectivity index (χ2n) is 3.79. The van der Waals surface area contributed by atoms with Crippen LogP contribution in [0.1, 0.15) is 45.4 Å². The van der Waals surface area contributed by atoms with E-state index in [0.717, 1.165) is 12.0 Å². The number of nitrogens with one attached hydrogen (secondary N) is 1. The molecule has 1 saturated carbocycles. The highest BCUT2D eigenvalue weighted by Gasteiger charge is 2.18. The van der Waals surface area contributed by atoms with Gasteiger partial charge in [0.2, 0.25) is 0 Å². The molecule has 0 aliphatic heterocycles. The quantitative estimate of drug-likeness (QED) is 0.660. The van der Waals surface area contributed by atoms with Gasteiger partial charge in [0.15, 0.2) is 0 Å². The molecule has 0 amide bonds. The van der Waals surface area contributed by atoms with E-state index in [2.05, 4.69) is 19.3 Å². The molecule has 0 aromatic carbocycles.